The van der Waals surface area contributed by atoms with E-state index in [0.29, 0.717) is 10.6 Å². The molecule has 0 aliphatic rings. The van der Waals surface area contributed by atoms with Crippen LogP contribution in [0.15, 0.2) is 41.3 Å². The van der Waals surface area contributed by atoms with Crippen molar-refractivity contribution >= 4 is 50.3 Å². The smallest absolute Gasteiger partial charge is 0.186 e. The Morgan fingerprint density at radius 3 is 2.20 bits per heavy atom. The fraction of sp³-hybridized carbons (Fsp3) is 0.0769. The molecule has 2 N–H and O–H groups in total. The van der Waals surface area contributed by atoms with Gasteiger partial charge in [0.1, 0.15) is 4.90 Å². The molecule has 106 valence electrons. The van der Waals surface area contributed by atoms with Crippen LogP contribution in [0.2, 0.25) is 15.1 Å². The van der Waals surface area contributed by atoms with Gasteiger partial charge in [0, 0.05) is 0 Å². The van der Waals surface area contributed by atoms with E-state index in [1.165, 1.54) is 12.1 Å². The van der Waals surface area contributed by atoms with Crippen molar-refractivity contribution in [2.45, 2.75) is 10.6 Å². The molecular weight excluding hydrogens is 341 g/mol. The average Bonchev–Trinajstić information content (AvgIpc) is 2.34. The van der Waals surface area contributed by atoms with Crippen LogP contribution < -0.4 is 5.73 Å². The van der Waals surface area contributed by atoms with Gasteiger partial charge in [-0.05, 0) is 23.8 Å². The SMILES string of the molecule is Nc1cccc(Cl)c1S(=O)(=O)Cc1cccc(Cl)c1Cl. The van der Waals surface area contributed by atoms with E-state index in [1.807, 2.05) is 0 Å². The Morgan fingerprint density at radius 1 is 0.950 bits per heavy atom. The number of sulfone groups is 1. The minimum atomic E-state index is -3.71. The number of anilines is 1. The molecule has 0 heterocycles. The summed E-state index contributed by atoms with van der Waals surface area (Å²) in [5.41, 5.74) is 6.21. The van der Waals surface area contributed by atoms with E-state index in [4.69, 9.17) is 40.5 Å². The maximum absolute atomic E-state index is 12.4. The van der Waals surface area contributed by atoms with Crippen LogP contribution >= 0.6 is 34.8 Å². The predicted octanol–water partition coefficient (Wildman–Crippen LogP) is 4.20. The van der Waals surface area contributed by atoms with Crippen molar-refractivity contribution in [3.63, 3.8) is 0 Å². The molecule has 0 spiro atoms. The summed E-state index contributed by atoms with van der Waals surface area (Å²) >= 11 is 17.8. The van der Waals surface area contributed by atoms with Crippen LogP contribution in [-0.4, -0.2) is 8.42 Å². The van der Waals surface area contributed by atoms with Crippen LogP contribution in [0.3, 0.4) is 0 Å². The molecule has 7 heteroatoms. The third-order valence-corrected chi connectivity index (χ3v) is 5.74. The van der Waals surface area contributed by atoms with E-state index in [2.05, 4.69) is 0 Å². The first-order chi connectivity index (χ1) is 9.33. The fourth-order valence-electron chi connectivity index (χ4n) is 1.79. The maximum Gasteiger partial charge on any atom is 0.186 e. The topological polar surface area (TPSA) is 60.2 Å². The molecule has 0 saturated heterocycles. The first-order valence-corrected chi connectivity index (χ1v) is 8.31. The zero-order chi connectivity index (χ0) is 14.9. The standard InChI is InChI=1S/C13H10Cl3NO2S/c14-9-4-1-3-8(12(9)16)7-20(18,19)13-10(15)5-2-6-11(13)17/h1-6H,7,17H2. The van der Waals surface area contributed by atoms with E-state index in [9.17, 15) is 8.42 Å². The van der Waals surface area contributed by atoms with E-state index >= 15 is 0 Å². The van der Waals surface area contributed by atoms with Crippen molar-refractivity contribution in [3.8, 4) is 0 Å². The van der Waals surface area contributed by atoms with Gasteiger partial charge in [-0.1, -0.05) is 53.0 Å². The summed E-state index contributed by atoms with van der Waals surface area (Å²) in [6, 6.07) is 9.36. The van der Waals surface area contributed by atoms with Crippen LogP contribution in [0.25, 0.3) is 0 Å². The van der Waals surface area contributed by atoms with Gasteiger partial charge in [-0.25, -0.2) is 8.42 Å². The second-order valence-corrected chi connectivity index (χ2v) is 7.25. The molecule has 0 bridgehead atoms. The first kappa shape index (κ1) is 15.4. The van der Waals surface area contributed by atoms with Crippen LogP contribution in [-0.2, 0) is 15.6 Å². The number of nitrogens with two attached hydrogens (primary N) is 1. The van der Waals surface area contributed by atoms with Crippen LogP contribution in [0.4, 0.5) is 5.69 Å². The molecule has 0 aliphatic heterocycles. The highest BCUT2D eigenvalue weighted by Gasteiger charge is 2.23. The maximum atomic E-state index is 12.4. The molecule has 0 fully saturated rings. The third-order valence-electron chi connectivity index (χ3n) is 2.69. The Bertz CT molecular complexity index is 740. The second-order valence-electron chi connectivity index (χ2n) is 4.13. The van der Waals surface area contributed by atoms with Gasteiger partial charge in [-0.3, -0.25) is 0 Å². The molecule has 0 radical (unpaired) electrons. The number of hydrogen-bond acceptors (Lipinski definition) is 3. The first-order valence-electron chi connectivity index (χ1n) is 5.52. The van der Waals surface area contributed by atoms with Crippen molar-refractivity contribution in [2.24, 2.45) is 0 Å². The third kappa shape index (κ3) is 3.04. The molecule has 2 aromatic carbocycles. The number of benzene rings is 2. The molecule has 2 aromatic rings. The summed E-state index contributed by atoms with van der Waals surface area (Å²) in [5.74, 6) is -0.319. The van der Waals surface area contributed by atoms with E-state index in [0.717, 1.165) is 0 Å². The largest absolute Gasteiger partial charge is 0.398 e. The zero-order valence-electron chi connectivity index (χ0n) is 10.1. The monoisotopic (exact) mass is 349 g/mol. The molecule has 0 aromatic heterocycles. The lowest BCUT2D eigenvalue weighted by Crippen LogP contribution is -2.09. The van der Waals surface area contributed by atoms with Crippen molar-refractivity contribution in [3.05, 3.63) is 57.0 Å². The molecule has 0 atom stereocenters. The quantitative estimate of drug-likeness (QED) is 0.844. The van der Waals surface area contributed by atoms with E-state index < -0.39 is 9.84 Å². The fourth-order valence-corrected chi connectivity index (χ4v) is 4.38. The van der Waals surface area contributed by atoms with E-state index in [-0.39, 0.29) is 26.4 Å². The number of nitrogen functional groups attached to an aromatic ring is 1. The van der Waals surface area contributed by atoms with Gasteiger partial charge in [0.25, 0.3) is 0 Å². The number of rotatable bonds is 3. The molecule has 0 amide bonds. The Hall–Kier alpha value is -0.940. The lowest BCUT2D eigenvalue weighted by atomic mass is 10.2. The predicted molar refractivity (Wildman–Crippen MR) is 83.2 cm³/mol. The minimum absolute atomic E-state index is 0.0855. The van der Waals surface area contributed by atoms with Crippen LogP contribution in [0.1, 0.15) is 5.56 Å². The molecule has 0 saturated carbocycles. The molecular formula is C13H10Cl3NO2S. The van der Waals surface area contributed by atoms with Crippen LogP contribution in [0, 0.1) is 0 Å². The van der Waals surface area contributed by atoms with Crippen molar-refractivity contribution in [1.82, 2.24) is 0 Å². The van der Waals surface area contributed by atoms with Gasteiger partial charge in [-0.2, -0.15) is 0 Å². The summed E-state index contributed by atoms with van der Waals surface area (Å²) < 4.78 is 24.9. The second kappa shape index (κ2) is 5.82. The van der Waals surface area contributed by atoms with Crippen molar-refractivity contribution in [1.29, 1.82) is 0 Å². The lowest BCUT2D eigenvalue weighted by molar-refractivity contribution is 0.596. The lowest BCUT2D eigenvalue weighted by Gasteiger charge is -2.11. The molecule has 20 heavy (non-hydrogen) atoms. The molecule has 3 nitrogen and oxygen atoms in total. The summed E-state index contributed by atoms with van der Waals surface area (Å²) in [4.78, 5) is -0.0855. The number of hydrogen-bond donors (Lipinski definition) is 1. The normalized spacial score (nSPS) is 11.6. The van der Waals surface area contributed by atoms with Crippen molar-refractivity contribution in [2.75, 3.05) is 5.73 Å². The van der Waals surface area contributed by atoms with Crippen LogP contribution in [0.5, 0.6) is 0 Å². The van der Waals surface area contributed by atoms with Gasteiger partial charge in [0.05, 0.1) is 26.5 Å². The Labute approximate surface area is 132 Å². The summed E-state index contributed by atoms with van der Waals surface area (Å²) in [5, 5.41) is 0.595. The van der Waals surface area contributed by atoms with Gasteiger partial charge < -0.3 is 5.73 Å². The van der Waals surface area contributed by atoms with Crippen molar-refractivity contribution < 1.29 is 8.42 Å². The van der Waals surface area contributed by atoms with Gasteiger partial charge in [0.15, 0.2) is 9.84 Å². The summed E-state index contributed by atoms with van der Waals surface area (Å²) in [6.07, 6.45) is 0. The molecule has 0 unspecified atom stereocenters. The average molecular weight is 351 g/mol. The van der Waals surface area contributed by atoms with E-state index in [1.54, 1.807) is 24.3 Å². The highest BCUT2D eigenvalue weighted by Crippen LogP contribution is 2.33. The summed E-state index contributed by atoms with van der Waals surface area (Å²) in [6.45, 7) is 0. The Kier molecular flexibility index (Phi) is 4.49. The van der Waals surface area contributed by atoms with Gasteiger partial charge in [0.2, 0.25) is 0 Å². The number of halogens is 3. The van der Waals surface area contributed by atoms with Gasteiger partial charge in [-0.15, -0.1) is 0 Å². The zero-order valence-corrected chi connectivity index (χ0v) is 13.2. The molecule has 2 rings (SSSR count). The minimum Gasteiger partial charge on any atom is -0.398 e. The Morgan fingerprint density at radius 2 is 1.55 bits per heavy atom. The highest BCUT2D eigenvalue weighted by atomic mass is 35.5. The van der Waals surface area contributed by atoms with Gasteiger partial charge >= 0.3 is 0 Å². The molecule has 0 aliphatic carbocycles. The summed E-state index contributed by atoms with van der Waals surface area (Å²) in [7, 11) is -3.71. The highest BCUT2D eigenvalue weighted by molar-refractivity contribution is 7.91. The Balaban J connectivity index is 2.50.